The minimum Gasteiger partial charge on any atom is -0.475 e. The lowest BCUT2D eigenvalue weighted by Gasteiger charge is -2.39. The number of carboxylic acids is 2. The second-order valence-corrected chi connectivity index (χ2v) is 8.41. The Balaban J connectivity index is 0.000000333. The molecule has 2 aliphatic heterocycles. The van der Waals surface area contributed by atoms with Crippen LogP contribution in [0.2, 0.25) is 0 Å². The fraction of sp³-hybridized carbons (Fsp3) is 0.435. The van der Waals surface area contributed by atoms with Gasteiger partial charge in [0, 0.05) is 31.6 Å². The molecule has 17 heteroatoms. The Morgan fingerprint density at radius 1 is 1.02 bits per heavy atom. The number of nitrogens with zero attached hydrogens (tertiary/aromatic N) is 3. The van der Waals surface area contributed by atoms with Crippen LogP contribution >= 0.6 is 0 Å². The standard InChI is InChI=1S/C19H20FN3O3.2C2HF3O2/c20-16-5-2-8-22-17(16)26-15-10-19(25-12-15)6-3-9-23(13-19)18(24)14-4-1-7-21-11-14;2*3-2(4,5)1(6)7/h1-2,4-5,7-8,11,15H,3,6,9-10,12-13H2;2*(H,6,7)/t15-,19+;;/m1../s1. The molecule has 2 atom stereocenters. The van der Waals surface area contributed by atoms with Crippen molar-refractivity contribution >= 4 is 17.8 Å². The number of carbonyl (C=O) groups excluding carboxylic acids is 1. The van der Waals surface area contributed by atoms with Crippen molar-refractivity contribution in [2.45, 2.75) is 43.3 Å². The highest BCUT2D eigenvalue weighted by atomic mass is 19.4. The highest BCUT2D eigenvalue weighted by Gasteiger charge is 2.46. The van der Waals surface area contributed by atoms with Gasteiger partial charge in [-0.15, -0.1) is 0 Å². The number of piperidine rings is 1. The summed E-state index contributed by atoms with van der Waals surface area (Å²) in [6, 6.07) is 6.37. The largest absolute Gasteiger partial charge is 0.490 e. The minimum atomic E-state index is -5.08. The summed E-state index contributed by atoms with van der Waals surface area (Å²) in [5.74, 6) is -6.04. The predicted octanol–water partition coefficient (Wildman–Crippen LogP) is 3.73. The first kappa shape index (κ1) is 32.2. The third-order valence-electron chi connectivity index (χ3n) is 5.40. The van der Waals surface area contributed by atoms with Crippen LogP contribution in [0.1, 0.15) is 29.6 Å². The maximum absolute atomic E-state index is 13.7. The molecule has 2 fully saturated rings. The van der Waals surface area contributed by atoms with Gasteiger partial charge < -0.3 is 24.6 Å². The fourth-order valence-corrected chi connectivity index (χ4v) is 3.72. The summed E-state index contributed by atoms with van der Waals surface area (Å²) in [7, 11) is 0. The van der Waals surface area contributed by atoms with E-state index in [1.165, 1.54) is 18.3 Å². The van der Waals surface area contributed by atoms with Crippen LogP contribution in [0, 0.1) is 5.82 Å². The Bertz CT molecular complexity index is 1140. The first-order valence-corrected chi connectivity index (χ1v) is 11.2. The molecule has 1 spiro atoms. The summed E-state index contributed by atoms with van der Waals surface area (Å²) in [5, 5.41) is 14.2. The van der Waals surface area contributed by atoms with E-state index in [1.807, 2.05) is 4.90 Å². The molecule has 0 radical (unpaired) electrons. The van der Waals surface area contributed by atoms with Gasteiger partial charge >= 0.3 is 24.3 Å². The van der Waals surface area contributed by atoms with Crippen molar-refractivity contribution in [1.29, 1.82) is 0 Å². The molecular weight excluding hydrogens is 563 g/mol. The predicted molar refractivity (Wildman–Crippen MR) is 119 cm³/mol. The quantitative estimate of drug-likeness (QED) is 0.516. The van der Waals surface area contributed by atoms with Gasteiger partial charge in [0.05, 0.1) is 24.3 Å². The van der Waals surface area contributed by atoms with E-state index >= 15 is 0 Å². The lowest BCUT2D eigenvalue weighted by Crippen LogP contribution is -2.50. The van der Waals surface area contributed by atoms with Crippen LogP contribution in [-0.4, -0.2) is 86.7 Å². The molecule has 2 saturated heterocycles. The van der Waals surface area contributed by atoms with Crippen LogP contribution in [0.5, 0.6) is 5.88 Å². The summed E-state index contributed by atoms with van der Waals surface area (Å²) >= 11 is 0. The second-order valence-electron chi connectivity index (χ2n) is 8.41. The highest BCUT2D eigenvalue weighted by Crippen LogP contribution is 2.36. The first-order valence-electron chi connectivity index (χ1n) is 11.2. The summed E-state index contributed by atoms with van der Waals surface area (Å²) in [5.41, 5.74) is 0.136. The van der Waals surface area contributed by atoms with Crippen LogP contribution in [0.3, 0.4) is 0 Å². The van der Waals surface area contributed by atoms with E-state index in [1.54, 1.807) is 24.5 Å². The molecule has 2 aromatic heterocycles. The van der Waals surface area contributed by atoms with Gasteiger partial charge in [0.15, 0.2) is 5.82 Å². The summed E-state index contributed by atoms with van der Waals surface area (Å²) < 4.78 is 88.9. The number of halogens is 7. The fourth-order valence-electron chi connectivity index (χ4n) is 3.72. The molecule has 2 aromatic rings. The van der Waals surface area contributed by atoms with Gasteiger partial charge in [-0.3, -0.25) is 9.78 Å². The molecule has 220 valence electrons. The van der Waals surface area contributed by atoms with Crippen LogP contribution in [0.15, 0.2) is 42.9 Å². The summed E-state index contributed by atoms with van der Waals surface area (Å²) in [6.45, 7) is 1.56. The van der Waals surface area contributed by atoms with E-state index < -0.39 is 35.7 Å². The maximum Gasteiger partial charge on any atom is 0.490 e. The van der Waals surface area contributed by atoms with E-state index in [-0.39, 0.29) is 17.9 Å². The number of pyridine rings is 2. The van der Waals surface area contributed by atoms with Crippen LogP contribution in [0.4, 0.5) is 30.7 Å². The average molecular weight is 585 g/mol. The number of amides is 1. The number of likely N-dealkylation sites (tertiary alicyclic amines) is 1. The number of aromatic nitrogens is 2. The van der Waals surface area contributed by atoms with Crippen LogP contribution in [0.25, 0.3) is 0 Å². The number of alkyl halides is 6. The number of carbonyl (C=O) groups is 3. The molecule has 40 heavy (non-hydrogen) atoms. The van der Waals surface area contributed by atoms with Gasteiger partial charge in [-0.25, -0.2) is 19.0 Å². The van der Waals surface area contributed by atoms with E-state index in [2.05, 4.69) is 9.97 Å². The molecule has 2 aliphatic rings. The molecule has 0 saturated carbocycles. The minimum absolute atomic E-state index is 0.00254. The Morgan fingerprint density at radius 3 is 2.15 bits per heavy atom. The van der Waals surface area contributed by atoms with Gasteiger partial charge in [-0.1, -0.05) is 0 Å². The second kappa shape index (κ2) is 13.4. The summed E-state index contributed by atoms with van der Waals surface area (Å²) in [6.07, 6.45) is -3.39. The van der Waals surface area contributed by atoms with Crippen molar-refractivity contribution in [3.05, 3.63) is 54.2 Å². The van der Waals surface area contributed by atoms with E-state index in [9.17, 15) is 35.5 Å². The Morgan fingerprint density at radius 2 is 1.62 bits per heavy atom. The van der Waals surface area contributed by atoms with Crippen molar-refractivity contribution in [3.63, 3.8) is 0 Å². The Kier molecular flexibility index (Phi) is 10.8. The molecule has 4 rings (SSSR count). The SMILES string of the molecule is O=C(O)C(F)(F)F.O=C(O)C(F)(F)F.O=C(c1cccnc1)N1CCC[C@]2(C[C@@H](Oc3ncccc3F)CO2)C1. The Hall–Kier alpha value is -4.02. The molecule has 0 aliphatic carbocycles. The number of ether oxygens (including phenoxy) is 2. The molecule has 1 amide bonds. The zero-order valence-electron chi connectivity index (χ0n) is 20.3. The van der Waals surface area contributed by atoms with E-state index in [4.69, 9.17) is 29.3 Å². The Labute approximate surface area is 221 Å². The number of aliphatic carboxylic acids is 2. The van der Waals surface area contributed by atoms with Gasteiger partial charge in [0.2, 0.25) is 0 Å². The molecule has 0 bridgehead atoms. The number of carboxylic acid groups (broad SMARTS) is 2. The van der Waals surface area contributed by atoms with Gasteiger partial charge in [0.25, 0.3) is 11.8 Å². The highest BCUT2D eigenvalue weighted by molar-refractivity contribution is 5.94. The first-order chi connectivity index (χ1) is 18.5. The van der Waals surface area contributed by atoms with Crippen molar-refractivity contribution in [2.24, 2.45) is 0 Å². The van der Waals surface area contributed by atoms with Gasteiger partial charge in [-0.05, 0) is 37.1 Å². The average Bonchev–Trinajstić information content (AvgIpc) is 3.26. The zero-order valence-corrected chi connectivity index (χ0v) is 20.3. The molecule has 10 nitrogen and oxygen atoms in total. The maximum atomic E-state index is 13.7. The smallest absolute Gasteiger partial charge is 0.475 e. The van der Waals surface area contributed by atoms with Crippen molar-refractivity contribution in [3.8, 4) is 5.88 Å². The lowest BCUT2D eigenvalue weighted by atomic mass is 9.89. The number of hydrogen-bond donors (Lipinski definition) is 2. The summed E-state index contributed by atoms with van der Waals surface area (Å²) in [4.78, 5) is 40.2. The number of rotatable bonds is 3. The number of hydrogen-bond acceptors (Lipinski definition) is 7. The van der Waals surface area contributed by atoms with Gasteiger partial charge in [0.1, 0.15) is 6.10 Å². The third-order valence-corrected chi connectivity index (χ3v) is 5.40. The van der Waals surface area contributed by atoms with Crippen molar-refractivity contribution < 1.29 is 64.8 Å². The molecule has 2 N–H and O–H groups in total. The normalized spacial score (nSPS) is 20.5. The van der Waals surface area contributed by atoms with Crippen LogP contribution < -0.4 is 4.74 Å². The van der Waals surface area contributed by atoms with Crippen LogP contribution in [-0.2, 0) is 14.3 Å². The van der Waals surface area contributed by atoms with E-state index in [0.717, 1.165) is 12.8 Å². The monoisotopic (exact) mass is 585 g/mol. The van der Waals surface area contributed by atoms with Gasteiger partial charge in [-0.2, -0.15) is 26.3 Å². The van der Waals surface area contributed by atoms with Crippen molar-refractivity contribution in [2.75, 3.05) is 19.7 Å². The molecule has 0 unspecified atom stereocenters. The lowest BCUT2D eigenvalue weighted by molar-refractivity contribution is -0.193. The third kappa shape index (κ3) is 9.62. The topological polar surface area (TPSA) is 139 Å². The zero-order chi connectivity index (χ0) is 30.1. The molecule has 4 heterocycles. The molecular formula is C23H22F7N3O7. The van der Waals surface area contributed by atoms with Crippen molar-refractivity contribution in [1.82, 2.24) is 14.9 Å². The molecule has 0 aromatic carbocycles. The van der Waals surface area contributed by atoms with E-state index in [0.29, 0.717) is 31.7 Å².